The standard InChI is InChI=1S/C15H12BrN3/c1-11-13(16)5-4-7-15(11)19-10-12(9-18-19)14-6-2-3-8-17-14/h2-10H,1H3. The average Bonchev–Trinajstić information content (AvgIpc) is 2.92. The third-order valence-electron chi connectivity index (χ3n) is 3.03. The molecule has 0 unspecified atom stereocenters. The summed E-state index contributed by atoms with van der Waals surface area (Å²) >= 11 is 3.54. The van der Waals surface area contributed by atoms with Crippen LogP contribution in [0.15, 0.2) is 59.5 Å². The predicted molar refractivity (Wildman–Crippen MR) is 79.2 cm³/mol. The first-order chi connectivity index (χ1) is 9.25. The SMILES string of the molecule is Cc1c(Br)cccc1-n1cc(-c2ccccn2)cn1. The van der Waals surface area contributed by atoms with E-state index in [2.05, 4.69) is 39.0 Å². The molecule has 0 atom stereocenters. The van der Waals surface area contributed by atoms with Crippen LogP contribution in [0.5, 0.6) is 0 Å². The van der Waals surface area contributed by atoms with Crippen molar-refractivity contribution in [2.75, 3.05) is 0 Å². The van der Waals surface area contributed by atoms with Crippen molar-refractivity contribution in [2.45, 2.75) is 6.92 Å². The van der Waals surface area contributed by atoms with E-state index < -0.39 is 0 Å². The van der Waals surface area contributed by atoms with Crippen LogP contribution >= 0.6 is 15.9 Å². The van der Waals surface area contributed by atoms with Gasteiger partial charge in [0.25, 0.3) is 0 Å². The van der Waals surface area contributed by atoms with E-state index in [9.17, 15) is 0 Å². The summed E-state index contributed by atoms with van der Waals surface area (Å²) < 4.78 is 2.96. The maximum Gasteiger partial charge on any atom is 0.0733 e. The molecular formula is C15H12BrN3. The fourth-order valence-corrected chi connectivity index (χ4v) is 2.32. The van der Waals surface area contributed by atoms with Crippen molar-refractivity contribution in [1.29, 1.82) is 0 Å². The Bertz CT molecular complexity index is 704. The predicted octanol–water partition coefficient (Wildman–Crippen LogP) is 4.01. The maximum atomic E-state index is 4.42. The molecule has 0 saturated carbocycles. The number of benzene rings is 1. The van der Waals surface area contributed by atoms with Gasteiger partial charge in [-0.2, -0.15) is 5.10 Å². The van der Waals surface area contributed by atoms with Crippen molar-refractivity contribution in [3.63, 3.8) is 0 Å². The fraction of sp³-hybridized carbons (Fsp3) is 0.0667. The second-order valence-electron chi connectivity index (χ2n) is 4.27. The molecule has 0 radical (unpaired) electrons. The molecule has 3 aromatic rings. The lowest BCUT2D eigenvalue weighted by Gasteiger charge is -2.06. The highest BCUT2D eigenvalue weighted by Gasteiger charge is 2.07. The van der Waals surface area contributed by atoms with Gasteiger partial charge in [-0.1, -0.05) is 28.1 Å². The van der Waals surface area contributed by atoms with Gasteiger partial charge in [-0.15, -0.1) is 0 Å². The van der Waals surface area contributed by atoms with Gasteiger partial charge >= 0.3 is 0 Å². The van der Waals surface area contributed by atoms with E-state index in [0.29, 0.717) is 0 Å². The van der Waals surface area contributed by atoms with Gasteiger partial charge in [0.05, 0.1) is 17.6 Å². The van der Waals surface area contributed by atoms with Crippen LogP contribution in [0.25, 0.3) is 16.9 Å². The molecule has 0 aliphatic carbocycles. The molecule has 0 saturated heterocycles. The highest BCUT2D eigenvalue weighted by atomic mass is 79.9. The van der Waals surface area contributed by atoms with Gasteiger partial charge < -0.3 is 0 Å². The second kappa shape index (κ2) is 4.97. The number of pyridine rings is 1. The van der Waals surface area contributed by atoms with Crippen molar-refractivity contribution in [3.05, 3.63) is 65.0 Å². The van der Waals surface area contributed by atoms with Crippen LogP contribution in [0.2, 0.25) is 0 Å². The Morgan fingerprint density at radius 3 is 2.79 bits per heavy atom. The molecule has 2 heterocycles. The highest BCUT2D eigenvalue weighted by Crippen LogP contribution is 2.24. The molecule has 0 amide bonds. The molecule has 0 fully saturated rings. The van der Waals surface area contributed by atoms with Gasteiger partial charge in [0.15, 0.2) is 0 Å². The lowest BCUT2D eigenvalue weighted by molar-refractivity contribution is 0.871. The second-order valence-corrected chi connectivity index (χ2v) is 5.13. The van der Waals surface area contributed by atoms with Crippen molar-refractivity contribution in [1.82, 2.24) is 14.8 Å². The molecule has 3 nitrogen and oxygen atoms in total. The third kappa shape index (κ3) is 2.31. The zero-order valence-corrected chi connectivity index (χ0v) is 12.0. The van der Waals surface area contributed by atoms with Crippen LogP contribution in [0.4, 0.5) is 0 Å². The van der Waals surface area contributed by atoms with Crippen LogP contribution < -0.4 is 0 Å². The minimum atomic E-state index is 0.932. The number of hydrogen-bond acceptors (Lipinski definition) is 2. The quantitative estimate of drug-likeness (QED) is 0.715. The minimum absolute atomic E-state index is 0.932. The fourth-order valence-electron chi connectivity index (χ4n) is 1.96. The van der Waals surface area contributed by atoms with Gasteiger partial charge in [0.2, 0.25) is 0 Å². The summed E-state index contributed by atoms with van der Waals surface area (Å²) in [6, 6.07) is 12.0. The topological polar surface area (TPSA) is 30.7 Å². The molecule has 0 spiro atoms. The molecule has 2 aromatic heterocycles. The van der Waals surface area contributed by atoms with E-state index in [0.717, 1.165) is 27.0 Å². The molecule has 19 heavy (non-hydrogen) atoms. The van der Waals surface area contributed by atoms with Crippen molar-refractivity contribution < 1.29 is 0 Å². The first kappa shape index (κ1) is 12.1. The number of rotatable bonds is 2. The Morgan fingerprint density at radius 1 is 1.11 bits per heavy atom. The minimum Gasteiger partial charge on any atom is -0.256 e. The average molecular weight is 314 g/mol. The van der Waals surface area contributed by atoms with Gasteiger partial charge in [0, 0.05) is 22.4 Å². The summed E-state index contributed by atoms with van der Waals surface area (Å²) in [5.74, 6) is 0. The smallest absolute Gasteiger partial charge is 0.0733 e. The van der Waals surface area contributed by atoms with Gasteiger partial charge in [-0.05, 0) is 36.8 Å². The molecule has 1 aromatic carbocycles. The molecule has 4 heteroatoms. The van der Waals surface area contributed by atoms with Crippen LogP contribution in [0.3, 0.4) is 0 Å². The zero-order chi connectivity index (χ0) is 13.2. The molecule has 0 aliphatic heterocycles. The van der Waals surface area contributed by atoms with E-state index in [1.54, 1.807) is 6.20 Å². The normalized spacial score (nSPS) is 10.6. The summed E-state index contributed by atoms with van der Waals surface area (Å²) in [6.45, 7) is 2.07. The van der Waals surface area contributed by atoms with Crippen LogP contribution in [-0.2, 0) is 0 Å². The third-order valence-corrected chi connectivity index (χ3v) is 3.89. The van der Waals surface area contributed by atoms with Crippen molar-refractivity contribution in [2.24, 2.45) is 0 Å². The van der Waals surface area contributed by atoms with E-state index in [1.165, 1.54) is 0 Å². The Hall–Kier alpha value is -1.94. The summed E-state index contributed by atoms with van der Waals surface area (Å²) in [5, 5.41) is 4.42. The summed E-state index contributed by atoms with van der Waals surface area (Å²) in [7, 11) is 0. The zero-order valence-electron chi connectivity index (χ0n) is 10.4. The van der Waals surface area contributed by atoms with Gasteiger partial charge in [0.1, 0.15) is 0 Å². The van der Waals surface area contributed by atoms with E-state index in [4.69, 9.17) is 0 Å². The van der Waals surface area contributed by atoms with E-state index in [1.807, 2.05) is 47.4 Å². The Labute approximate surface area is 120 Å². The van der Waals surface area contributed by atoms with Gasteiger partial charge in [-0.25, -0.2) is 4.68 Å². The van der Waals surface area contributed by atoms with Gasteiger partial charge in [-0.3, -0.25) is 4.98 Å². The summed E-state index contributed by atoms with van der Waals surface area (Å²) in [4.78, 5) is 4.33. The van der Waals surface area contributed by atoms with Crippen LogP contribution in [0.1, 0.15) is 5.56 Å². The number of nitrogens with zero attached hydrogens (tertiary/aromatic N) is 3. The Morgan fingerprint density at radius 2 is 2.00 bits per heavy atom. The first-order valence-corrected chi connectivity index (χ1v) is 6.76. The molecule has 0 aliphatic rings. The van der Waals surface area contributed by atoms with Crippen molar-refractivity contribution >= 4 is 15.9 Å². The largest absolute Gasteiger partial charge is 0.256 e. The van der Waals surface area contributed by atoms with Crippen LogP contribution in [-0.4, -0.2) is 14.8 Å². The maximum absolute atomic E-state index is 4.42. The van der Waals surface area contributed by atoms with Crippen molar-refractivity contribution in [3.8, 4) is 16.9 Å². The molecule has 0 N–H and O–H groups in total. The Kier molecular flexibility index (Phi) is 3.17. The van der Waals surface area contributed by atoms with E-state index in [-0.39, 0.29) is 0 Å². The molecule has 3 rings (SSSR count). The summed E-state index contributed by atoms with van der Waals surface area (Å²) in [5.41, 5.74) is 4.18. The highest BCUT2D eigenvalue weighted by molar-refractivity contribution is 9.10. The first-order valence-electron chi connectivity index (χ1n) is 5.97. The summed E-state index contributed by atoms with van der Waals surface area (Å²) in [6.07, 6.45) is 5.62. The monoisotopic (exact) mass is 313 g/mol. The molecule has 0 bridgehead atoms. The number of halogens is 1. The lowest BCUT2D eigenvalue weighted by Crippen LogP contribution is -1.97. The molecular weight excluding hydrogens is 302 g/mol. The van der Waals surface area contributed by atoms with E-state index >= 15 is 0 Å². The lowest BCUT2D eigenvalue weighted by atomic mass is 10.2. The number of aromatic nitrogens is 3. The number of hydrogen-bond donors (Lipinski definition) is 0. The van der Waals surface area contributed by atoms with Crippen LogP contribution in [0, 0.1) is 6.92 Å². The Balaban J connectivity index is 2.05. The molecule has 94 valence electrons.